The number of rotatable bonds is 12. The van der Waals surface area contributed by atoms with Gasteiger partial charge in [0.2, 0.25) is 5.91 Å². The van der Waals surface area contributed by atoms with E-state index in [2.05, 4.69) is 20.6 Å². The lowest BCUT2D eigenvalue weighted by atomic mass is 10.1. The van der Waals surface area contributed by atoms with E-state index in [-0.39, 0.29) is 63.0 Å². The number of carbonyl (C=O) groups excluding carboxylic acids is 3. The first-order valence-corrected chi connectivity index (χ1v) is 12.5. The van der Waals surface area contributed by atoms with Crippen molar-refractivity contribution in [3.63, 3.8) is 0 Å². The molecule has 15 heteroatoms. The van der Waals surface area contributed by atoms with Crippen molar-refractivity contribution >= 4 is 35.7 Å². The molecular formula is C25H30N6O9. The maximum atomic E-state index is 13.3. The second-order valence-electron chi connectivity index (χ2n) is 8.56. The maximum Gasteiger partial charge on any atom is 0.527 e. The van der Waals surface area contributed by atoms with E-state index in [4.69, 9.17) is 14.7 Å². The Morgan fingerprint density at radius 3 is 2.33 bits per heavy atom. The Labute approximate surface area is 229 Å². The third-order valence-electron chi connectivity index (χ3n) is 5.68. The number of amides is 2. The molecule has 2 amide bonds. The van der Waals surface area contributed by atoms with Gasteiger partial charge in [0.1, 0.15) is 24.1 Å². The van der Waals surface area contributed by atoms with E-state index < -0.39 is 42.5 Å². The van der Waals surface area contributed by atoms with Crippen molar-refractivity contribution in [2.45, 2.75) is 25.8 Å². The summed E-state index contributed by atoms with van der Waals surface area (Å²) in [5, 5.41) is 24.7. The molecule has 214 valence electrons. The molecule has 1 aromatic heterocycles. The number of carboxylic acid groups (broad SMARTS) is 2. The van der Waals surface area contributed by atoms with E-state index in [1.165, 1.54) is 16.0 Å². The molecule has 0 aliphatic carbocycles. The van der Waals surface area contributed by atoms with Gasteiger partial charge in [-0.3, -0.25) is 19.2 Å². The average molecular weight is 559 g/mol. The zero-order valence-electron chi connectivity index (χ0n) is 21.7. The molecular weight excluding hydrogens is 528 g/mol. The predicted molar refractivity (Wildman–Crippen MR) is 138 cm³/mol. The van der Waals surface area contributed by atoms with Crippen molar-refractivity contribution in [1.82, 2.24) is 25.2 Å². The van der Waals surface area contributed by atoms with E-state index in [0.29, 0.717) is 5.56 Å². The second kappa shape index (κ2) is 14.4. The monoisotopic (exact) mass is 558 g/mol. The Bertz CT molecular complexity index is 1220. The molecule has 1 aliphatic heterocycles. The highest BCUT2D eigenvalue weighted by atomic mass is 16.8. The molecule has 1 saturated heterocycles. The number of carbonyl (C=O) groups is 5. The van der Waals surface area contributed by atoms with Crippen molar-refractivity contribution in [3.8, 4) is 11.4 Å². The van der Waals surface area contributed by atoms with Gasteiger partial charge in [-0.05, 0) is 13.3 Å². The average Bonchev–Trinajstić information content (AvgIpc) is 2.94. The van der Waals surface area contributed by atoms with Gasteiger partial charge in [0.15, 0.2) is 5.82 Å². The first-order chi connectivity index (χ1) is 19.2. The van der Waals surface area contributed by atoms with Crippen LogP contribution in [0.1, 0.15) is 30.3 Å². The number of piperazine rings is 1. The van der Waals surface area contributed by atoms with Crippen LogP contribution in [-0.2, 0) is 24.0 Å². The zero-order valence-corrected chi connectivity index (χ0v) is 21.7. The minimum atomic E-state index is -1.19. The first-order valence-electron chi connectivity index (χ1n) is 12.5. The third-order valence-corrected chi connectivity index (χ3v) is 5.68. The Morgan fingerprint density at radius 2 is 1.70 bits per heavy atom. The van der Waals surface area contributed by atoms with Gasteiger partial charge in [-0.1, -0.05) is 30.3 Å². The van der Waals surface area contributed by atoms with Crippen molar-refractivity contribution in [1.29, 1.82) is 0 Å². The summed E-state index contributed by atoms with van der Waals surface area (Å²) in [5.41, 5.74) is 0.416. The number of nitrogens with zero attached hydrogens (tertiary/aromatic N) is 4. The largest absolute Gasteiger partial charge is 0.527 e. The molecule has 3 rings (SSSR count). The molecule has 40 heavy (non-hydrogen) atoms. The molecule has 0 bridgehead atoms. The van der Waals surface area contributed by atoms with Crippen LogP contribution in [0.15, 0.2) is 36.4 Å². The van der Waals surface area contributed by atoms with Crippen molar-refractivity contribution in [2.75, 3.05) is 44.6 Å². The molecule has 1 aromatic carbocycles. The van der Waals surface area contributed by atoms with E-state index in [1.54, 1.807) is 37.3 Å². The third kappa shape index (κ3) is 8.90. The lowest BCUT2D eigenvalue weighted by molar-refractivity contribution is -0.157. The Hall–Kier alpha value is -4.79. The smallest absolute Gasteiger partial charge is 0.481 e. The summed E-state index contributed by atoms with van der Waals surface area (Å²) in [4.78, 5) is 75.4. The Morgan fingerprint density at radius 1 is 1.00 bits per heavy atom. The van der Waals surface area contributed by atoms with Gasteiger partial charge in [0, 0.05) is 31.1 Å². The van der Waals surface area contributed by atoms with Crippen molar-refractivity contribution < 1.29 is 43.8 Å². The molecule has 0 unspecified atom stereocenters. The molecule has 2 heterocycles. The molecule has 1 atom stereocenters. The molecule has 4 N–H and O–H groups in total. The molecule has 1 fully saturated rings. The zero-order chi connectivity index (χ0) is 29.1. The van der Waals surface area contributed by atoms with Crippen LogP contribution in [0.2, 0.25) is 0 Å². The van der Waals surface area contributed by atoms with Crippen LogP contribution in [0, 0.1) is 0 Å². The van der Waals surface area contributed by atoms with Crippen LogP contribution in [0.25, 0.3) is 11.4 Å². The molecule has 0 saturated carbocycles. The van der Waals surface area contributed by atoms with E-state index in [9.17, 15) is 29.1 Å². The van der Waals surface area contributed by atoms with E-state index in [1.807, 2.05) is 0 Å². The summed E-state index contributed by atoms with van der Waals surface area (Å²) in [6.45, 7) is 2.03. The van der Waals surface area contributed by atoms with Gasteiger partial charge in [-0.15, -0.1) is 5.06 Å². The second-order valence-corrected chi connectivity index (χ2v) is 8.56. The summed E-state index contributed by atoms with van der Waals surface area (Å²) < 4.78 is 4.74. The number of anilines is 1. The minimum absolute atomic E-state index is 0.0764. The standard InChI is InChI=1S/C25H30N6O9/c1-2-39-25(38)40-31-12-10-30(11-13-31)24(37)17(8-9-20(32)33)28-23(36)18-14-19(26-15-21(34)35)29-22(27-18)16-6-4-3-5-7-16/h3-7,14,17H,2,8-13,15H2,1H3,(H,28,36)(H,32,33)(H,34,35)(H,26,27,29)/t17-/m0/s1. The van der Waals surface area contributed by atoms with Gasteiger partial charge in [0.25, 0.3) is 5.91 Å². The molecule has 2 aromatic rings. The summed E-state index contributed by atoms with van der Waals surface area (Å²) >= 11 is 0. The van der Waals surface area contributed by atoms with Crippen LogP contribution in [0.5, 0.6) is 0 Å². The molecule has 0 spiro atoms. The number of hydrogen-bond acceptors (Lipinski definition) is 11. The fourth-order valence-corrected chi connectivity index (χ4v) is 3.76. The fraction of sp³-hybridized carbons (Fsp3) is 0.400. The number of carboxylic acids is 2. The molecule has 15 nitrogen and oxygen atoms in total. The summed E-state index contributed by atoms with van der Waals surface area (Å²) in [7, 11) is 0. The van der Waals surface area contributed by atoms with Crippen LogP contribution < -0.4 is 10.6 Å². The summed E-state index contributed by atoms with van der Waals surface area (Å²) in [6.07, 6.45) is -1.42. The van der Waals surface area contributed by atoms with Gasteiger partial charge in [0.05, 0.1) is 19.7 Å². The predicted octanol–water partition coefficient (Wildman–Crippen LogP) is 0.836. The van der Waals surface area contributed by atoms with Crippen molar-refractivity contribution in [3.05, 3.63) is 42.1 Å². The van der Waals surface area contributed by atoms with Crippen molar-refractivity contribution in [2.24, 2.45) is 0 Å². The Kier molecular flexibility index (Phi) is 10.7. The van der Waals surface area contributed by atoms with E-state index >= 15 is 0 Å². The number of aromatic nitrogens is 2. The van der Waals surface area contributed by atoms with Crippen LogP contribution >= 0.6 is 0 Å². The first kappa shape index (κ1) is 29.8. The SMILES string of the molecule is CCOC(=O)ON1CCN(C(=O)[C@H](CCC(=O)O)NC(=O)c2cc(NCC(=O)O)nc(-c3ccccc3)n2)CC1. The number of nitrogens with one attached hydrogen (secondary N) is 2. The summed E-state index contributed by atoms with van der Waals surface area (Å²) in [6, 6.07) is 8.75. The number of benzene rings is 1. The number of hydroxylamine groups is 2. The number of hydrogen-bond donors (Lipinski definition) is 4. The number of ether oxygens (including phenoxy) is 1. The Balaban J connectivity index is 1.77. The van der Waals surface area contributed by atoms with Gasteiger partial charge >= 0.3 is 18.1 Å². The topological polar surface area (TPSA) is 201 Å². The van der Waals surface area contributed by atoms with Crippen LogP contribution in [-0.4, -0.2) is 105 Å². The molecule has 0 radical (unpaired) electrons. The highest BCUT2D eigenvalue weighted by Gasteiger charge is 2.31. The normalized spacial score (nSPS) is 14.1. The van der Waals surface area contributed by atoms with Gasteiger partial charge < -0.3 is 35.3 Å². The highest BCUT2D eigenvalue weighted by molar-refractivity contribution is 5.97. The minimum Gasteiger partial charge on any atom is -0.481 e. The van der Waals surface area contributed by atoms with E-state index in [0.717, 1.165) is 0 Å². The molecule has 1 aliphatic rings. The van der Waals surface area contributed by atoms with Gasteiger partial charge in [-0.2, -0.15) is 0 Å². The van der Waals surface area contributed by atoms with Crippen LogP contribution in [0.3, 0.4) is 0 Å². The summed E-state index contributed by atoms with van der Waals surface area (Å²) in [5.74, 6) is -3.34. The van der Waals surface area contributed by atoms with Gasteiger partial charge in [-0.25, -0.2) is 14.8 Å². The fourth-order valence-electron chi connectivity index (χ4n) is 3.76. The number of aliphatic carboxylic acids is 2. The quantitative estimate of drug-likeness (QED) is 0.267. The lowest BCUT2D eigenvalue weighted by Crippen LogP contribution is -2.55. The maximum absolute atomic E-state index is 13.3. The van der Waals surface area contributed by atoms with Crippen LogP contribution in [0.4, 0.5) is 10.6 Å². The highest BCUT2D eigenvalue weighted by Crippen LogP contribution is 2.18. The lowest BCUT2D eigenvalue weighted by Gasteiger charge is -2.35.